The summed E-state index contributed by atoms with van der Waals surface area (Å²) in [7, 11) is 0. The molecule has 1 aliphatic heterocycles. The Balaban J connectivity index is 2.25. The largest absolute Gasteiger partial charge is 0.399 e. The van der Waals surface area contributed by atoms with Crippen LogP contribution in [0, 0.1) is 0 Å². The minimum absolute atomic E-state index is 0.0732. The summed E-state index contributed by atoms with van der Waals surface area (Å²) in [5.74, 6) is 0.0732. The number of anilines is 2. The van der Waals surface area contributed by atoms with Crippen LogP contribution in [0.2, 0.25) is 0 Å². The quantitative estimate of drug-likeness (QED) is 0.755. The van der Waals surface area contributed by atoms with Crippen molar-refractivity contribution in [2.75, 3.05) is 24.0 Å². The van der Waals surface area contributed by atoms with E-state index in [1.54, 1.807) is 11.0 Å². The van der Waals surface area contributed by atoms with Crippen molar-refractivity contribution in [3.8, 4) is 0 Å². The molecular weight excluding hydrogens is 192 g/mol. The Morgan fingerprint density at radius 3 is 3.07 bits per heavy atom. The number of hydrogen-bond donors (Lipinski definition) is 1. The van der Waals surface area contributed by atoms with Crippen LogP contribution in [0.3, 0.4) is 0 Å². The molecular formula is C11H14N2O2. The third-order valence-corrected chi connectivity index (χ3v) is 2.46. The van der Waals surface area contributed by atoms with E-state index >= 15 is 0 Å². The van der Waals surface area contributed by atoms with Crippen LogP contribution < -0.4 is 10.6 Å². The molecule has 2 N–H and O–H groups in total. The number of carbonyl (C=O) groups is 1. The van der Waals surface area contributed by atoms with Gasteiger partial charge in [0.25, 0.3) is 0 Å². The van der Waals surface area contributed by atoms with Crippen molar-refractivity contribution in [1.29, 1.82) is 0 Å². The van der Waals surface area contributed by atoms with Gasteiger partial charge < -0.3 is 10.5 Å². The lowest BCUT2D eigenvalue weighted by Crippen LogP contribution is -2.29. The minimum Gasteiger partial charge on any atom is -0.399 e. The Hall–Kier alpha value is -1.55. The van der Waals surface area contributed by atoms with Gasteiger partial charge in [0.1, 0.15) is 6.73 Å². The molecule has 1 aromatic carbocycles. The first-order valence-electron chi connectivity index (χ1n) is 4.99. The molecule has 1 aromatic rings. The normalized spacial score (nSPS) is 14.5. The van der Waals surface area contributed by atoms with E-state index in [9.17, 15) is 4.79 Å². The molecule has 15 heavy (non-hydrogen) atoms. The van der Waals surface area contributed by atoms with Crippen LogP contribution in [-0.4, -0.2) is 19.2 Å². The van der Waals surface area contributed by atoms with Crippen molar-refractivity contribution < 1.29 is 9.53 Å². The molecule has 1 aliphatic rings. The number of benzene rings is 1. The van der Waals surface area contributed by atoms with Gasteiger partial charge in [0, 0.05) is 18.0 Å². The van der Waals surface area contributed by atoms with Crippen LogP contribution >= 0.6 is 0 Å². The smallest absolute Gasteiger partial charge is 0.233 e. The highest BCUT2D eigenvalue weighted by Gasteiger charge is 2.26. The predicted octanol–water partition coefficient (Wildman–Crippen LogP) is 1.15. The lowest BCUT2D eigenvalue weighted by Gasteiger charge is -2.16. The highest BCUT2D eigenvalue weighted by atomic mass is 16.5. The molecule has 0 radical (unpaired) electrons. The molecule has 0 fully saturated rings. The summed E-state index contributed by atoms with van der Waals surface area (Å²) in [6, 6.07) is 5.52. The monoisotopic (exact) mass is 206 g/mol. The van der Waals surface area contributed by atoms with Crippen molar-refractivity contribution in [2.45, 2.75) is 13.3 Å². The van der Waals surface area contributed by atoms with Gasteiger partial charge in [0.15, 0.2) is 0 Å². The third-order valence-electron chi connectivity index (χ3n) is 2.46. The molecule has 0 spiro atoms. The Morgan fingerprint density at radius 1 is 1.53 bits per heavy atom. The second-order valence-electron chi connectivity index (χ2n) is 3.51. The topological polar surface area (TPSA) is 55.6 Å². The number of hydrogen-bond acceptors (Lipinski definition) is 3. The number of amides is 1. The van der Waals surface area contributed by atoms with Gasteiger partial charge in [0.2, 0.25) is 5.91 Å². The summed E-state index contributed by atoms with van der Waals surface area (Å²) in [5, 5.41) is 0. The number of carbonyl (C=O) groups excluding carboxylic acids is 1. The number of rotatable bonds is 3. The van der Waals surface area contributed by atoms with E-state index in [0.717, 1.165) is 11.3 Å². The van der Waals surface area contributed by atoms with Gasteiger partial charge in [-0.05, 0) is 30.7 Å². The zero-order valence-corrected chi connectivity index (χ0v) is 8.69. The molecule has 1 amide bonds. The lowest BCUT2D eigenvalue weighted by molar-refractivity contribution is -0.118. The Bertz CT molecular complexity index is 390. The molecule has 0 saturated carbocycles. The highest BCUT2D eigenvalue weighted by Crippen LogP contribution is 2.30. The van der Waals surface area contributed by atoms with E-state index in [0.29, 0.717) is 25.4 Å². The van der Waals surface area contributed by atoms with E-state index in [4.69, 9.17) is 10.5 Å². The first-order chi connectivity index (χ1) is 7.22. The zero-order valence-electron chi connectivity index (χ0n) is 8.69. The second kappa shape index (κ2) is 3.90. The van der Waals surface area contributed by atoms with Gasteiger partial charge in [-0.15, -0.1) is 0 Å². The van der Waals surface area contributed by atoms with Crippen molar-refractivity contribution in [3.63, 3.8) is 0 Å². The van der Waals surface area contributed by atoms with E-state index in [2.05, 4.69) is 0 Å². The molecule has 0 unspecified atom stereocenters. The van der Waals surface area contributed by atoms with Gasteiger partial charge in [-0.1, -0.05) is 0 Å². The average Bonchev–Trinajstić information content (AvgIpc) is 2.50. The molecule has 0 aromatic heterocycles. The maximum atomic E-state index is 11.7. The fraction of sp³-hybridized carbons (Fsp3) is 0.364. The standard InChI is InChI=1S/C11H14N2O2/c1-2-15-7-13-10-4-3-9(12)5-8(10)6-11(13)14/h3-5H,2,6-7,12H2,1H3. The molecule has 0 bridgehead atoms. The Morgan fingerprint density at radius 2 is 2.33 bits per heavy atom. The van der Waals surface area contributed by atoms with Crippen molar-refractivity contribution in [1.82, 2.24) is 0 Å². The van der Waals surface area contributed by atoms with E-state index < -0.39 is 0 Å². The number of nitrogen functional groups attached to an aromatic ring is 1. The number of ether oxygens (including phenoxy) is 1. The van der Waals surface area contributed by atoms with E-state index in [1.165, 1.54) is 0 Å². The molecule has 0 saturated heterocycles. The molecule has 0 aliphatic carbocycles. The molecule has 4 heteroatoms. The third kappa shape index (κ3) is 1.80. The molecule has 0 atom stereocenters. The van der Waals surface area contributed by atoms with Crippen LogP contribution in [-0.2, 0) is 16.0 Å². The summed E-state index contributed by atoms with van der Waals surface area (Å²) < 4.78 is 5.25. The SMILES string of the molecule is CCOCN1C(=O)Cc2cc(N)ccc21. The molecule has 80 valence electrons. The van der Waals surface area contributed by atoms with Gasteiger partial charge in [-0.25, -0.2) is 0 Å². The van der Waals surface area contributed by atoms with E-state index in [-0.39, 0.29) is 5.91 Å². The maximum absolute atomic E-state index is 11.7. The van der Waals surface area contributed by atoms with E-state index in [1.807, 2.05) is 19.1 Å². The first-order valence-corrected chi connectivity index (χ1v) is 4.99. The van der Waals surface area contributed by atoms with Crippen LogP contribution in [0.4, 0.5) is 11.4 Å². The fourth-order valence-corrected chi connectivity index (χ4v) is 1.73. The summed E-state index contributed by atoms with van der Waals surface area (Å²) >= 11 is 0. The maximum Gasteiger partial charge on any atom is 0.233 e. The van der Waals surface area contributed by atoms with Crippen LogP contribution in [0.5, 0.6) is 0 Å². The minimum atomic E-state index is 0.0732. The summed E-state index contributed by atoms with van der Waals surface area (Å²) in [6.45, 7) is 2.84. The van der Waals surface area contributed by atoms with Crippen LogP contribution in [0.1, 0.15) is 12.5 Å². The predicted molar refractivity (Wildman–Crippen MR) is 58.5 cm³/mol. The van der Waals surface area contributed by atoms with Crippen molar-refractivity contribution in [3.05, 3.63) is 23.8 Å². The van der Waals surface area contributed by atoms with Gasteiger partial charge in [-0.2, -0.15) is 0 Å². The summed E-state index contributed by atoms with van der Waals surface area (Å²) in [4.78, 5) is 13.3. The Kier molecular flexibility index (Phi) is 2.60. The molecule has 2 rings (SSSR count). The average molecular weight is 206 g/mol. The summed E-state index contributed by atoms with van der Waals surface area (Å²) in [6.07, 6.45) is 0.424. The van der Waals surface area contributed by atoms with Gasteiger partial charge >= 0.3 is 0 Å². The number of nitrogens with two attached hydrogens (primary N) is 1. The highest BCUT2D eigenvalue weighted by molar-refractivity contribution is 6.01. The fourth-order valence-electron chi connectivity index (χ4n) is 1.73. The molecule has 4 nitrogen and oxygen atoms in total. The van der Waals surface area contributed by atoms with Gasteiger partial charge in [-0.3, -0.25) is 9.69 Å². The summed E-state index contributed by atoms with van der Waals surface area (Å²) in [5.41, 5.74) is 8.26. The molecule has 1 heterocycles. The van der Waals surface area contributed by atoms with Crippen molar-refractivity contribution in [2.24, 2.45) is 0 Å². The number of fused-ring (bicyclic) bond motifs is 1. The zero-order chi connectivity index (χ0) is 10.8. The number of nitrogens with zero attached hydrogens (tertiary/aromatic N) is 1. The Labute approximate surface area is 88.6 Å². The first kappa shape index (κ1) is 9.98. The van der Waals surface area contributed by atoms with Crippen LogP contribution in [0.25, 0.3) is 0 Å². The van der Waals surface area contributed by atoms with Gasteiger partial charge in [0.05, 0.1) is 6.42 Å². The van der Waals surface area contributed by atoms with Crippen LogP contribution in [0.15, 0.2) is 18.2 Å². The van der Waals surface area contributed by atoms with Crippen molar-refractivity contribution >= 4 is 17.3 Å². The lowest BCUT2D eigenvalue weighted by atomic mass is 10.1. The second-order valence-corrected chi connectivity index (χ2v) is 3.51.